The van der Waals surface area contributed by atoms with Crippen LogP contribution in [0.3, 0.4) is 0 Å². The van der Waals surface area contributed by atoms with Crippen molar-refractivity contribution < 1.29 is 4.79 Å². The fraction of sp³-hybridized carbons (Fsp3) is 0.280. The molecule has 0 saturated heterocycles. The predicted molar refractivity (Wildman–Crippen MR) is 135 cm³/mol. The van der Waals surface area contributed by atoms with E-state index in [0.717, 1.165) is 22.3 Å². The van der Waals surface area contributed by atoms with Crippen LogP contribution in [0.4, 0.5) is 5.69 Å². The number of fused-ring (bicyclic) bond motifs is 1. The fourth-order valence-corrected chi connectivity index (χ4v) is 3.02. The molecule has 1 amide bonds. The SMILES string of the molecule is CC.CC.CC.CC(=O)Nc1cccc(-c2nn3ccccc3c2-c2ccnc(Cl)n2)c1. The van der Waals surface area contributed by atoms with Gasteiger partial charge in [0.05, 0.1) is 16.8 Å². The van der Waals surface area contributed by atoms with Crippen molar-refractivity contribution >= 4 is 28.7 Å². The van der Waals surface area contributed by atoms with Crippen LogP contribution in [-0.4, -0.2) is 25.5 Å². The van der Waals surface area contributed by atoms with Crippen LogP contribution < -0.4 is 5.32 Å². The molecule has 0 aliphatic heterocycles. The Morgan fingerprint density at radius 1 is 0.969 bits per heavy atom. The first-order valence-corrected chi connectivity index (χ1v) is 11.3. The predicted octanol–water partition coefficient (Wildman–Crippen LogP) is 7.15. The number of nitrogens with zero attached hydrogens (tertiary/aromatic N) is 4. The quantitative estimate of drug-likeness (QED) is 0.334. The van der Waals surface area contributed by atoms with E-state index in [1.54, 1.807) is 16.8 Å². The number of amides is 1. The topological polar surface area (TPSA) is 72.2 Å². The van der Waals surface area contributed by atoms with E-state index in [1.165, 1.54) is 6.92 Å². The van der Waals surface area contributed by atoms with E-state index in [2.05, 4.69) is 15.3 Å². The van der Waals surface area contributed by atoms with Gasteiger partial charge < -0.3 is 5.32 Å². The van der Waals surface area contributed by atoms with Gasteiger partial charge in [0.1, 0.15) is 5.69 Å². The van der Waals surface area contributed by atoms with Crippen LogP contribution in [0, 0.1) is 0 Å². The van der Waals surface area contributed by atoms with Crippen molar-refractivity contribution in [3.63, 3.8) is 0 Å². The molecular formula is C25H32ClN5O. The van der Waals surface area contributed by atoms with Crippen LogP contribution in [0.25, 0.3) is 28.0 Å². The molecule has 0 saturated carbocycles. The number of nitrogens with one attached hydrogen (secondary N) is 1. The summed E-state index contributed by atoms with van der Waals surface area (Å²) in [5.41, 5.74) is 4.77. The van der Waals surface area contributed by atoms with Gasteiger partial charge in [0.25, 0.3) is 0 Å². The lowest BCUT2D eigenvalue weighted by Crippen LogP contribution is -2.05. The molecule has 0 unspecified atom stereocenters. The molecule has 4 aromatic rings. The number of halogens is 1. The number of hydrogen-bond acceptors (Lipinski definition) is 4. The van der Waals surface area contributed by atoms with Gasteiger partial charge in [-0.15, -0.1) is 0 Å². The Morgan fingerprint density at radius 2 is 1.69 bits per heavy atom. The molecule has 0 fully saturated rings. The molecule has 0 bridgehead atoms. The monoisotopic (exact) mass is 453 g/mol. The highest BCUT2D eigenvalue weighted by Gasteiger charge is 2.18. The van der Waals surface area contributed by atoms with E-state index in [4.69, 9.17) is 16.7 Å². The molecule has 0 spiro atoms. The Hall–Kier alpha value is -3.25. The fourth-order valence-electron chi connectivity index (χ4n) is 2.87. The summed E-state index contributed by atoms with van der Waals surface area (Å²) in [5.74, 6) is -0.125. The van der Waals surface area contributed by atoms with Gasteiger partial charge in [-0.25, -0.2) is 14.5 Å². The third-order valence-electron chi connectivity index (χ3n) is 3.88. The molecule has 3 aromatic heterocycles. The van der Waals surface area contributed by atoms with E-state index < -0.39 is 0 Å². The average Bonchev–Trinajstić information content (AvgIpc) is 3.22. The van der Waals surface area contributed by atoms with Gasteiger partial charge in [-0.1, -0.05) is 59.7 Å². The maximum absolute atomic E-state index is 11.4. The van der Waals surface area contributed by atoms with Gasteiger partial charge in [-0.05, 0) is 41.9 Å². The van der Waals surface area contributed by atoms with Crippen LogP contribution in [0.1, 0.15) is 48.5 Å². The third kappa shape index (κ3) is 6.62. The first kappa shape index (κ1) is 26.8. The molecule has 0 aliphatic carbocycles. The second-order valence-corrected chi connectivity index (χ2v) is 6.07. The Kier molecular flexibility index (Phi) is 11.7. The Morgan fingerprint density at radius 3 is 2.34 bits per heavy atom. The van der Waals surface area contributed by atoms with Crippen LogP contribution in [0.2, 0.25) is 5.28 Å². The van der Waals surface area contributed by atoms with Crippen molar-refractivity contribution in [2.24, 2.45) is 0 Å². The zero-order valence-corrected chi connectivity index (χ0v) is 20.6. The molecular weight excluding hydrogens is 422 g/mol. The molecule has 3 heterocycles. The minimum Gasteiger partial charge on any atom is -0.326 e. The number of aromatic nitrogens is 4. The largest absolute Gasteiger partial charge is 0.326 e. The van der Waals surface area contributed by atoms with Gasteiger partial charge in [0.15, 0.2) is 0 Å². The number of carbonyl (C=O) groups excluding carboxylic acids is 1. The summed E-state index contributed by atoms with van der Waals surface area (Å²) in [4.78, 5) is 19.7. The van der Waals surface area contributed by atoms with Crippen molar-refractivity contribution in [3.8, 4) is 22.5 Å². The summed E-state index contributed by atoms with van der Waals surface area (Å²) in [6.45, 7) is 13.5. The smallest absolute Gasteiger partial charge is 0.222 e. The van der Waals surface area contributed by atoms with Gasteiger partial charge in [-0.3, -0.25) is 4.79 Å². The second kappa shape index (κ2) is 13.9. The second-order valence-electron chi connectivity index (χ2n) is 5.73. The van der Waals surface area contributed by atoms with Crippen LogP contribution in [-0.2, 0) is 4.79 Å². The number of carbonyl (C=O) groups is 1. The van der Waals surface area contributed by atoms with Crippen LogP contribution >= 0.6 is 11.6 Å². The molecule has 6 nitrogen and oxygen atoms in total. The molecule has 4 rings (SSSR count). The summed E-state index contributed by atoms with van der Waals surface area (Å²) in [6, 6.07) is 15.2. The minimum atomic E-state index is -0.125. The van der Waals surface area contributed by atoms with Gasteiger partial charge in [0, 0.05) is 30.6 Å². The van der Waals surface area contributed by atoms with Gasteiger partial charge >= 0.3 is 0 Å². The van der Waals surface area contributed by atoms with Crippen LogP contribution in [0.5, 0.6) is 0 Å². The Bertz CT molecular complexity index is 1120. The standard InChI is InChI=1S/C19H14ClN5O.3C2H6/c1-12(26)22-14-6-4-5-13(11-14)18-17(15-8-9-21-19(20)23-15)16-7-2-3-10-25(16)24-18;3*1-2/h2-11H,1H3,(H,22,26);3*1-2H3. The lowest BCUT2D eigenvalue weighted by atomic mass is 10.0. The molecule has 0 radical (unpaired) electrons. The van der Waals surface area contributed by atoms with Crippen molar-refractivity contribution in [1.82, 2.24) is 19.6 Å². The maximum Gasteiger partial charge on any atom is 0.222 e. The molecule has 32 heavy (non-hydrogen) atoms. The lowest BCUT2D eigenvalue weighted by molar-refractivity contribution is -0.114. The summed E-state index contributed by atoms with van der Waals surface area (Å²) in [7, 11) is 0. The zero-order valence-electron chi connectivity index (χ0n) is 19.8. The number of pyridine rings is 1. The molecule has 0 atom stereocenters. The van der Waals surface area contributed by atoms with Crippen molar-refractivity contribution in [2.45, 2.75) is 48.5 Å². The zero-order chi connectivity index (χ0) is 24.1. The molecule has 0 aliphatic rings. The highest BCUT2D eigenvalue weighted by molar-refractivity contribution is 6.28. The van der Waals surface area contributed by atoms with Gasteiger partial charge in [0.2, 0.25) is 11.2 Å². The first-order valence-electron chi connectivity index (χ1n) is 11.0. The number of rotatable bonds is 3. The first-order chi connectivity index (χ1) is 15.6. The van der Waals surface area contributed by atoms with E-state index in [1.807, 2.05) is 90.2 Å². The summed E-state index contributed by atoms with van der Waals surface area (Å²) in [5, 5.41) is 7.68. The molecule has 170 valence electrons. The van der Waals surface area contributed by atoms with E-state index >= 15 is 0 Å². The van der Waals surface area contributed by atoms with Crippen molar-refractivity contribution in [3.05, 3.63) is 66.2 Å². The van der Waals surface area contributed by atoms with Gasteiger partial charge in [-0.2, -0.15) is 5.10 Å². The summed E-state index contributed by atoms with van der Waals surface area (Å²) < 4.78 is 1.80. The molecule has 1 aromatic carbocycles. The normalized spacial score (nSPS) is 9.38. The van der Waals surface area contributed by atoms with E-state index in [-0.39, 0.29) is 11.2 Å². The summed E-state index contributed by atoms with van der Waals surface area (Å²) in [6.07, 6.45) is 3.50. The Balaban J connectivity index is 0.000000789. The highest BCUT2D eigenvalue weighted by Crippen LogP contribution is 2.35. The number of benzene rings is 1. The third-order valence-corrected chi connectivity index (χ3v) is 4.06. The molecule has 7 heteroatoms. The molecule has 1 N–H and O–H groups in total. The van der Waals surface area contributed by atoms with E-state index in [0.29, 0.717) is 11.4 Å². The lowest BCUT2D eigenvalue weighted by Gasteiger charge is -2.06. The van der Waals surface area contributed by atoms with Crippen molar-refractivity contribution in [1.29, 1.82) is 0 Å². The minimum absolute atomic E-state index is 0.125. The van der Waals surface area contributed by atoms with Crippen molar-refractivity contribution in [2.75, 3.05) is 5.32 Å². The number of hydrogen-bond donors (Lipinski definition) is 1. The maximum atomic E-state index is 11.4. The summed E-state index contributed by atoms with van der Waals surface area (Å²) >= 11 is 6.00. The highest BCUT2D eigenvalue weighted by atomic mass is 35.5. The van der Waals surface area contributed by atoms with E-state index in [9.17, 15) is 4.79 Å². The Labute approximate surface area is 195 Å². The van der Waals surface area contributed by atoms with Crippen LogP contribution in [0.15, 0.2) is 60.9 Å². The average molecular weight is 454 g/mol. The number of anilines is 1.